The molecule has 118 valence electrons. The number of nitrogens with zero attached hydrogens (tertiary/aromatic N) is 2. The second-order valence-electron chi connectivity index (χ2n) is 6.48. The van der Waals surface area contributed by atoms with Crippen LogP contribution in [0.5, 0.6) is 0 Å². The molecule has 1 heterocycles. The van der Waals surface area contributed by atoms with E-state index >= 15 is 0 Å². The third kappa shape index (κ3) is 4.43. The van der Waals surface area contributed by atoms with E-state index in [0.717, 1.165) is 11.3 Å². The molecule has 1 unspecified atom stereocenters. The molecule has 0 radical (unpaired) electrons. The van der Waals surface area contributed by atoms with Gasteiger partial charge in [-0.15, -0.1) is 0 Å². The van der Waals surface area contributed by atoms with E-state index in [1.807, 2.05) is 57.3 Å². The summed E-state index contributed by atoms with van der Waals surface area (Å²) in [5.41, 5.74) is 1.65. The molecule has 0 aliphatic heterocycles. The Labute approximate surface area is 131 Å². The molecule has 2 N–H and O–H groups in total. The molecule has 1 aromatic heterocycles. The van der Waals surface area contributed by atoms with E-state index in [1.165, 1.54) is 0 Å². The molecule has 22 heavy (non-hydrogen) atoms. The molecule has 1 aromatic carbocycles. The quantitative estimate of drug-likeness (QED) is 0.887. The minimum atomic E-state index is -0.557. The van der Waals surface area contributed by atoms with E-state index in [2.05, 4.69) is 10.4 Å². The summed E-state index contributed by atoms with van der Waals surface area (Å²) < 4.78 is 1.77. The molecular formula is C17H23N3O2. The van der Waals surface area contributed by atoms with Crippen molar-refractivity contribution in [2.24, 2.45) is 5.41 Å². The van der Waals surface area contributed by atoms with Crippen LogP contribution in [-0.2, 0) is 11.2 Å². The Kier molecular flexibility index (Phi) is 4.98. The van der Waals surface area contributed by atoms with Gasteiger partial charge in [0, 0.05) is 18.9 Å². The van der Waals surface area contributed by atoms with E-state index in [0.29, 0.717) is 6.42 Å². The number of rotatable bonds is 5. The molecule has 1 amide bonds. The van der Waals surface area contributed by atoms with Crippen LogP contribution >= 0.6 is 0 Å². The molecule has 2 aromatic rings. The maximum atomic E-state index is 11.9. The third-order valence-corrected chi connectivity index (χ3v) is 3.56. The summed E-state index contributed by atoms with van der Waals surface area (Å²) in [6, 6.07) is 9.55. The second-order valence-corrected chi connectivity index (χ2v) is 6.48. The molecule has 0 fully saturated rings. The van der Waals surface area contributed by atoms with Gasteiger partial charge in [0.1, 0.15) is 0 Å². The first-order valence-corrected chi connectivity index (χ1v) is 7.40. The molecule has 0 aliphatic carbocycles. The van der Waals surface area contributed by atoms with Gasteiger partial charge in [-0.05, 0) is 29.2 Å². The molecule has 0 spiro atoms. The zero-order valence-electron chi connectivity index (χ0n) is 13.3. The van der Waals surface area contributed by atoms with E-state index < -0.39 is 6.10 Å². The summed E-state index contributed by atoms with van der Waals surface area (Å²) in [5, 5.41) is 16.8. The van der Waals surface area contributed by atoms with Gasteiger partial charge in [0.25, 0.3) is 0 Å². The fraction of sp³-hybridized carbons (Fsp3) is 0.412. The highest BCUT2D eigenvalue weighted by molar-refractivity contribution is 5.78. The SMILES string of the molecule is CC(C)(C)C(O)CNC(=O)Cc1ccc(-n2cccn2)cc1. The van der Waals surface area contributed by atoms with Gasteiger partial charge in [-0.25, -0.2) is 4.68 Å². The van der Waals surface area contributed by atoms with Crippen LogP contribution in [0, 0.1) is 5.41 Å². The molecule has 0 saturated heterocycles. The number of aromatic nitrogens is 2. The lowest BCUT2D eigenvalue weighted by atomic mass is 9.89. The van der Waals surface area contributed by atoms with Gasteiger partial charge in [-0.3, -0.25) is 4.79 Å². The zero-order valence-corrected chi connectivity index (χ0v) is 13.3. The van der Waals surface area contributed by atoms with Gasteiger partial charge < -0.3 is 10.4 Å². The predicted octanol–water partition coefficient (Wildman–Crippen LogP) is 1.94. The Morgan fingerprint density at radius 3 is 2.55 bits per heavy atom. The molecule has 2 rings (SSSR count). The van der Waals surface area contributed by atoms with Crippen LogP contribution in [-0.4, -0.2) is 33.4 Å². The van der Waals surface area contributed by atoms with Crippen LogP contribution in [0.2, 0.25) is 0 Å². The van der Waals surface area contributed by atoms with Crippen LogP contribution in [0.3, 0.4) is 0 Å². The number of carbonyl (C=O) groups excluding carboxylic acids is 1. The van der Waals surface area contributed by atoms with E-state index in [-0.39, 0.29) is 17.9 Å². The van der Waals surface area contributed by atoms with Crippen molar-refractivity contribution in [3.05, 3.63) is 48.3 Å². The van der Waals surface area contributed by atoms with Crippen molar-refractivity contribution in [2.75, 3.05) is 6.54 Å². The van der Waals surface area contributed by atoms with Gasteiger partial charge in [0.15, 0.2) is 0 Å². The average Bonchev–Trinajstić information content (AvgIpc) is 2.98. The lowest BCUT2D eigenvalue weighted by molar-refractivity contribution is -0.121. The number of benzene rings is 1. The number of aliphatic hydroxyl groups excluding tert-OH is 1. The Balaban J connectivity index is 1.87. The predicted molar refractivity (Wildman–Crippen MR) is 85.7 cm³/mol. The minimum Gasteiger partial charge on any atom is -0.391 e. The Hall–Kier alpha value is -2.14. The highest BCUT2D eigenvalue weighted by Crippen LogP contribution is 2.18. The number of carbonyl (C=O) groups is 1. The number of aliphatic hydroxyl groups is 1. The Morgan fingerprint density at radius 2 is 2.00 bits per heavy atom. The highest BCUT2D eigenvalue weighted by atomic mass is 16.3. The summed E-state index contributed by atoms with van der Waals surface area (Å²) in [6.45, 7) is 6.10. The summed E-state index contributed by atoms with van der Waals surface area (Å²) in [6.07, 6.45) is 3.34. The highest BCUT2D eigenvalue weighted by Gasteiger charge is 2.22. The van der Waals surface area contributed by atoms with Crippen LogP contribution < -0.4 is 5.32 Å². The lowest BCUT2D eigenvalue weighted by Gasteiger charge is -2.25. The van der Waals surface area contributed by atoms with Gasteiger partial charge in [0.2, 0.25) is 5.91 Å². The Bertz CT molecular complexity index is 598. The first-order valence-electron chi connectivity index (χ1n) is 7.40. The third-order valence-electron chi connectivity index (χ3n) is 3.56. The molecule has 5 nitrogen and oxygen atoms in total. The molecule has 0 aliphatic rings. The zero-order chi connectivity index (χ0) is 16.2. The molecule has 0 bridgehead atoms. The van der Waals surface area contributed by atoms with Gasteiger partial charge in [-0.1, -0.05) is 32.9 Å². The van der Waals surface area contributed by atoms with Crippen molar-refractivity contribution in [2.45, 2.75) is 33.3 Å². The molecule has 1 atom stereocenters. The minimum absolute atomic E-state index is 0.0878. The summed E-state index contributed by atoms with van der Waals surface area (Å²) in [5.74, 6) is -0.0878. The second kappa shape index (κ2) is 6.75. The fourth-order valence-corrected chi connectivity index (χ4v) is 1.95. The van der Waals surface area contributed by atoms with Gasteiger partial charge in [-0.2, -0.15) is 5.10 Å². The van der Waals surface area contributed by atoms with Crippen molar-refractivity contribution in [3.8, 4) is 5.69 Å². The number of hydrogen-bond acceptors (Lipinski definition) is 3. The largest absolute Gasteiger partial charge is 0.391 e. The summed E-state index contributed by atoms with van der Waals surface area (Å²) in [4.78, 5) is 11.9. The smallest absolute Gasteiger partial charge is 0.224 e. The molecule has 0 saturated carbocycles. The summed E-state index contributed by atoms with van der Waals surface area (Å²) >= 11 is 0. The van der Waals surface area contributed by atoms with Crippen LogP contribution in [0.1, 0.15) is 26.3 Å². The number of hydrogen-bond donors (Lipinski definition) is 2. The monoisotopic (exact) mass is 301 g/mol. The van der Waals surface area contributed by atoms with Gasteiger partial charge in [0.05, 0.1) is 18.2 Å². The van der Waals surface area contributed by atoms with Crippen molar-refractivity contribution >= 4 is 5.91 Å². The van der Waals surface area contributed by atoms with E-state index in [4.69, 9.17) is 0 Å². The summed E-state index contributed by atoms with van der Waals surface area (Å²) in [7, 11) is 0. The van der Waals surface area contributed by atoms with Crippen LogP contribution in [0.4, 0.5) is 0 Å². The first kappa shape index (κ1) is 16.2. The molecular weight excluding hydrogens is 278 g/mol. The topological polar surface area (TPSA) is 67.2 Å². The standard InChI is InChI=1S/C17H23N3O2/c1-17(2,3)15(21)12-18-16(22)11-13-5-7-14(8-6-13)20-10-4-9-19-20/h4-10,15,21H,11-12H2,1-3H3,(H,18,22). The number of amides is 1. The number of nitrogens with one attached hydrogen (secondary N) is 1. The van der Waals surface area contributed by atoms with Gasteiger partial charge >= 0.3 is 0 Å². The average molecular weight is 301 g/mol. The van der Waals surface area contributed by atoms with Crippen molar-refractivity contribution in [1.29, 1.82) is 0 Å². The van der Waals surface area contributed by atoms with Crippen molar-refractivity contribution < 1.29 is 9.90 Å². The Morgan fingerprint density at radius 1 is 1.32 bits per heavy atom. The normalized spacial score (nSPS) is 12.9. The van der Waals surface area contributed by atoms with E-state index in [9.17, 15) is 9.90 Å². The van der Waals surface area contributed by atoms with Crippen LogP contribution in [0.15, 0.2) is 42.7 Å². The van der Waals surface area contributed by atoms with Crippen molar-refractivity contribution in [1.82, 2.24) is 15.1 Å². The maximum absolute atomic E-state index is 11.9. The fourth-order valence-electron chi connectivity index (χ4n) is 1.95. The lowest BCUT2D eigenvalue weighted by Crippen LogP contribution is -2.39. The van der Waals surface area contributed by atoms with Crippen LogP contribution in [0.25, 0.3) is 5.69 Å². The molecule has 5 heteroatoms. The van der Waals surface area contributed by atoms with Crippen molar-refractivity contribution in [3.63, 3.8) is 0 Å². The maximum Gasteiger partial charge on any atom is 0.224 e. The first-order chi connectivity index (χ1) is 10.4. The van der Waals surface area contributed by atoms with E-state index in [1.54, 1.807) is 10.9 Å².